The van der Waals surface area contributed by atoms with E-state index in [9.17, 15) is 4.79 Å². The van der Waals surface area contributed by atoms with Crippen LogP contribution in [0.25, 0.3) is 10.8 Å². The summed E-state index contributed by atoms with van der Waals surface area (Å²) in [5.41, 5.74) is 0.942. The Balaban J connectivity index is 1.20. The molecular formula is C26H19Cl2N3O3. The highest BCUT2D eigenvalue weighted by Crippen LogP contribution is 2.26. The fraction of sp³-hybridized carbons (Fsp3) is 0.0769. The lowest BCUT2D eigenvalue weighted by Gasteiger charge is -2.07. The molecule has 0 spiro atoms. The second-order valence-corrected chi connectivity index (χ2v) is 8.45. The molecule has 5 rings (SSSR count). The first kappa shape index (κ1) is 22.1. The van der Waals surface area contributed by atoms with E-state index in [1.54, 1.807) is 41.2 Å². The van der Waals surface area contributed by atoms with E-state index in [1.807, 2.05) is 48.5 Å². The third kappa shape index (κ3) is 4.93. The SMILES string of the molecule is O=C(Nc1ccn(Cc2ccc(Cl)c(Cl)c2)n1)c1ccc(COc2cccc3ccccc23)o1. The molecule has 1 N–H and O–H groups in total. The van der Waals surface area contributed by atoms with Crippen LogP contribution in [0.4, 0.5) is 5.82 Å². The zero-order valence-electron chi connectivity index (χ0n) is 17.9. The Morgan fingerprint density at radius 3 is 2.71 bits per heavy atom. The maximum atomic E-state index is 12.6. The quantitative estimate of drug-likeness (QED) is 0.271. The number of nitrogens with zero attached hydrogens (tertiary/aromatic N) is 2. The van der Waals surface area contributed by atoms with Gasteiger partial charge in [-0.25, -0.2) is 0 Å². The minimum absolute atomic E-state index is 0.176. The maximum absolute atomic E-state index is 12.6. The van der Waals surface area contributed by atoms with E-state index < -0.39 is 5.91 Å². The molecule has 0 fully saturated rings. The van der Waals surface area contributed by atoms with Gasteiger partial charge >= 0.3 is 0 Å². The minimum atomic E-state index is -0.392. The molecule has 0 saturated carbocycles. The van der Waals surface area contributed by atoms with E-state index in [0.717, 1.165) is 22.1 Å². The molecule has 0 saturated heterocycles. The van der Waals surface area contributed by atoms with Crippen molar-refractivity contribution in [2.45, 2.75) is 13.2 Å². The van der Waals surface area contributed by atoms with Crippen molar-refractivity contribution in [3.8, 4) is 5.75 Å². The maximum Gasteiger partial charge on any atom is 0.292 e. The standard InChI is InChI=1S/C26H19Cl2N3O3/c27-21-10-8-17(14-22(21)28)15-31-13-12-25(30-31)29-26(32)24-11-9-19(34-24)16-33-23-7-3-5-18-4-1-2-6-20(18)23/h1-14H,15-16H2,(H,29,30,32). The lowest BCUT2D eigenvalue weighted by molar-refractivity contribution is 0.0992. The van der Waals surface area contributed by atoms with Gasteiger partial charge in [-0.2, -0.15) is 5.10 Å². The van der Waals surface area contributed by atoms with Crippen LogP contribution in [-0.2, 0) is 13.2 Å². The van der Waals surface area contributed by atoms with Crippen molar-refractivity contribution in [3.63, 3.8) is 0 Å². The van der Waals surface area contributed by atoms with E-state index in [0.29, 0.717) is 28.2 Å². The number of carbonyl (C=O) groups is 1. The number of hydrogen-bond acceptors (Lipinski definition) is 4. The topological polar surface area (TPSA) is 69.3 Å². The summed E-state index contributed by atoms with van der Waals surface area (Å²) in [6.07, 6.45) is 1.77. The Morgan fingerprint density at radius 2 is 1.82 bits per heavy atom. The number of rotatable bonds is 7. The molecule has 2 aromatic heterocycles. The highest BCUT2D eigenvalue weighted by atomic mass is 35.5. The normalized spacial score (nSPS) is 11.0. The van der Waals surface area contributed by atoms with Crippen LogP contribution in [0.15, 0.2) is 89.5 Å². The number of nitrogens with one attached hydrogen (secondary N) is 1. The average Bonchev–Trinajstić information content (AvgIpc) is 3.50. The Hall–Kier alpha value is -3.74. The fourth-order valence-electron chi connectivity index (χ4n) is 3.57. The van der Waals surface area contributed by atoms with Gasteiger partial charge in [-0.05, 0) is 41.3 Å². The summed E-state index contributed by atoms with van der Waals surface area (Å²) >= 11 is 12.0. The highest BCUT2D eigenvalue weighted by Gasteiger charge is 2.14. The van der Waals surface area contributed by atoms with Gasteiger partial charge in [-0.3, -0.25) is 9.48 Å². The molecule has 0 aliphatic heterocycles. The number of halogens is 2. The lowest BCUT2D eigenvalue weighted by Crippen LogP contribution is -2.12. The predicted molar refractivity (Wildman–Crippen MR) is 133 cm³/mol. The van der Waals surface area contributed by atoms with Crippen molar-refractivity contribution in [2.24, 2.45) is 0 Å². The summed E-state index contributed by atoms with van der Waals surface area (Å²) in [6, 6.07) is 24.3. The highest BCUT2D eigenvalue weighted by molar-refractivity contribution is 6.42. The van der Waals surface area contributed by atoms with Gasteiger partial charge in [-0.1, -0.05) is 65.7 Å². The molecule has 1 amide bonds. The molecule has 8 heteroatoms. The number of furan rings is 1. The van der Waals surface area contributed by atoms with Crippen molar-refractivity contribution < 1.29 is 13.9 Å². The molecule has 0 radical (unpaired) electrons. The van der Waals surface area contributed by atoms with Crippen molar-refractivity contribution in [1.82, 2.24) is 9.78 Å². The van der Waals surface area contributed by atoms with Crippen LogP contribution in [0.3, 0.4) is 0 Å². The lowest BCUT2D eigenvalue weighted by atomic mass is 10.1. The van der Waals surface area contributed by atoms with Gasteiger partial charge in [0.2, 0.25) is 0 Å². The van der Waals surface area contributed by atoms with Crippen molar-refractivity contribution >= 4 is 45.7 Å². The summed E-state index contributed by atoms with van der Waals surface area (Å²) in [5, 5.41) is 10.2. The summed E-state index contributed by atoms with van der Waals surface area (Å²) in [7, 11) is 0. The van der Waals surface area contributed by atoms with Gasteiger partial charge in [0.25, 0.3) is 5.91 Å². The number of benzene rings is 3. The van der Waals surface area contributed by atoms with Gasteiger partial charge in [0.15, 0.2) is 11.6 Å². The summed E-state index contributed by atoms with van der Waals surface area (Å²) in [6.45, 7) is 0.697. The summed E-state index contributed by atoms with van der Waals surface area (Å²) in [4.78, 5) is 12.6. The molecule has 0 aliphatic carbocycles. The fourth-order valence-corrected chi connectivity index (χ4v) is 3.89. The number of aromatic nitrogens is 2. The van der Waals surface area contributed by atoms with Crippen LogP contribution in [0.1, 0.15) is 21.9 Å². The van der Waals surface area contributed by atoms with Crippen LogP contribution in [0.2, 0.25) is 10.0 Å². The van der Waals surface area contributed by atoms with Gasteiger partial charge in [0.1, 0.15) is 18.1 Å². The smallest absolute Gasteiger partial charge is 0.292 e. The van der Waals surface area contributed by atoms with Crippen LogP contribution >= 0.6 is 23.2 Å². The zero-order valence-corrected chi connectivity index (χ0v) is 19.4. The van der Waals surface area contributed by atoms with Crippen molar-refractivity contribution in [1.29, 1.82) is 0 Å². The number of anilines is 1. The molecular weight excluding hydrogens is 473 g/mol. The third-order valence-corrected chi connectivity index (χ3v) is 5.95. The van der Waals surface area contributed by atoms with Gasteiger partial charge < -0.3 is 14.5 Å². The summed E-state index contributed by atoms with van der Waals surface area (Å²) in [5.74, 6) is 1.50. The Bertz CT molecular complexity index is 1470. The minimum Gasteiger partial charge on any atom is -0.485 e. The Kier molecular flexibility index (Phi) is 6.25. The number of fused-ring (bicyclic) bond motifs is 1. The van der Waals surface area contributed by atoms with Gasteiger partial charge in [0.05, 0.1) is 16.6 Å². The second-order valence-electron chi connectivity index (χ2n) is 7.63. The van der Waals surface area contributed by atoms with Crippen LogP contribution in [0.5, 0.6) is 5.75 Å². The summed E-state index contributed by atoms with van der Waals surface area (Å²) < 4.78 is 13.3. The predicted octanol–water partition coefficient (Wildman–Crippen LogP) is 6.82. The van der Waals surface area contributed by atoms with Gasteiger partial charge in [-0.15, -0.1) is 0 Å². The molecule has 6 nitrogen and oxygen atoms in total. The van der Waals surface area contributed by atoms with Crippen LogP contribution in [0, 0.1) is 0 Å². The zero-order chi connectivity index (χ0) is 23.5. The van der Waals surface area contributed by atoms with Crippen LogP contribution in [-0.4, -0.2) is 15.7 Å². The third-order valence-electron chi connectivity index (χ3n) is 5.22. The van der Waals surface area contributed by atoms with Crippen molar-refractivity contribution in [3.05, 3.63) is 112 Å². The number of hydrogen-bond donors (Lipinski definition) is 1. The molecule has 0 atom stereocenters. The monoisotopic (exact) mass is 491 g/mol. The molecule has 5 aromatic rings. The molecule has 2 heterocycles. The first-order chi connectivity index (χ1) is 16.5. The van der Waals surface area contributed by atoms with E-state index >= 15 is 0 Å². The number of carbonyl (C=O) groups excluding carboxylic acids is 1. The van der Waals surface area contributed by atoms with E-state index in [-0.39, 0.29) is 12.4 Å². The Labute approximate surface area is 205 Å². The molecule has 34 heavy (non-hydrogen) atoms. The van der Waals surface area contributed by atoms with E-state index in [1.165, 1.54) is 0 Å². The van der Waals surface area contributed by atoms with Gasteiger partial charge in [0, 0.05) is 17.6 Å². The average molecular weight is 492 g/mol. The first-order valence-corrected chi connectivity index (χ1v) is 11.3. The van der Waals surface area contributed by atoms with E-state index in [2.05, 4.69) is 10.4 Å². The molecule has 0 bridgehead atoms. The van der Waals surface area contributed by atoms with Crippen molar-refractivity contribution in [2.75, 3.05) is 5.32 Å². The van der Waals surface area contributed by atoms with E-state index in [4.69, 9.17) is 32.4 Å². The second kappa shape index (κ2) is 9.63. The Morgan fingerprint density at radius 1 is 0.971 bits per heavy atom. The first-order valence-electron chi connectivity index (χ1n) is 10.5. The largest absolute Gasteiger partial charge is 0.485 e. The molecule has 0 aliphatic rings. The number of ether oxygens (including phenoxy) is 1. The molecule has 170 valence electrons. The molecule has 0 unspecified atom stereocenters. The van der Waals surface area contributed by atoms with Crippen LogP contribution < -0.4 is 10.1 Å². The number of amides is 1. The molecule has 3 aromatic carbocycles.